The van der Waals surface area contributed by atoms with Gasteiger partial charge < -0.3 is 10.2 Å². The molecule has 27 heavy (non-hydrogen) atoms. The Kier molecular flexibility index (Phi) is 8.51. The van der Waals surface area contributed by atoms with Crippen LogP contribution in [0.25, 0.3) is 0 Å². The highest BCUT2D eigenvalue weighted by atomic mass is 32.2. The minimum absolute atomic E-state index is 0.0215. The van der Waals surface area contributed by atoms with Gasteiger partial charge in [-0.1, -0.05) is 43.7 Å². The van der Waals surface area contributed by atoms with Gasteiger partial charge in [-0.05, 0) is 38.5 Å². The number of thiazole rings is 1. The van der Waals surface area contributed by atoms with E-state index >= 15 is 0 Å². The van der Waals surface area contributed by atoms with Crippen LogP contribution in [-0.2, 0) is 4.79 Å². The lowest BCUT2D eigenvalue weighted by Crippen LogP contribution is -2.22. The number of ketones is 1. The zero-order valence-electron chi connectivity index (χ0n) is 16.0. The summed E-state index contributed by atoms with van der Waals surface area (Å²) in [6, 6.07) is 0. The number of carbonyl (C=O) groups excluding carboxylic acids is 1. The Hall–Kier alpha value is -1.18. The molecule has 0 bridgehead atoms. The topological polar surface area (TPSA) is 87.5 Å². The molecule has 7 heteroatoms. The first kappa shape index (κ1) is 22.1. The van der Waals surface area contributed by atoms with Crippen molar-refractivity contribution in [3.63, 3.8) is 0 Å². The molecular formula is C20H29NO4S2. The molecule has 2 rings (SSSR count). The molecule has 1 fully saturated rings. The first-order chi connectivity index (χ1) is 12.8. The van der Waals surface area contributed by atoms with Crippen LogP contribution in [0.3, 0.4) is 0 Å². The van der Waals surface area contributed by atoms with Crippen molar-refractivity contribution in [2.75, 3.05) is 5.75 Å². The SMILES string of the molecule is CCCCC(C)(O)CC=CC1CCC(=O)C1CCSc1nc(C(=O)O)cs1. The molecule has 3 unspecified atom stereocenters. The molecule has 150 valence electrons. The number of aromatic carboxylic acids is 1. The number of unbranched alkanes of at least 4 members (excludes halogenated alkanes) is 1. The fraction of sp³-hybridized carbons (Fsp3) is 0.650. The lowest BCUT2D eigenvalue weighted by molar-refractivity contribution is -0.121. The number of aliphatic hydroxyl groups is 1. The predicted molar refractivity (Wildman–Crippen MR) is 110 cm³/mol. The average molecular weight is 412 g/mol. The van der Waals surface area contributed by atoms with Crippen LogP contribution in [0.2, 0.25) is 0 Å². The zero-order chi connectivity index (χ0) is 19.9. The molecule has 0 aliphatic heterocycles. The Morgan fingerprint density at radius 3 is 2.96 bits per heavy atom. The van der Waals surface area contributed by atoms with Crippen LogP contribution in [0, 0.1) is 11.8 Å². The number of aromatic nitrogens is 1. The molecule has 1 aromatic heterocycles. The molecule has 1 aromatic rings. The van der Waals surface area contributed by atoms with Crippen molar-refractivity contribution in [2.24, 2.45) is 11.8 Å². The maximum Gasteiger partial charge on any atom is 0.355 e. The highest BCUT2D eigenvalue weighted by Crippen LogP contribution is 2.35. The van der Waals surface area contributed by atoms with Gasteiger partial charge in [0.1, 0.15) is 5.78 Å². The van der Waals surface area contributed by atoms with E-state index in [0.717, 1.165) is 42.2 Å². The molecule has 1 heterocycles. The Morgan fingerprint density at radius 2 is 2.30 bits per heavy atom. The Balaban J connectivity index is 1.82. The number of hydrogen-bond acceptors (Lipinski definition) is 6. The summed E-state index contributed by atoms with van der Waals surface area (Å²) in [5.74, 6) is 0.318. The quantitative estimate of drug-likeness (QED) is 0.401. The van der Waals surface area contributed by atoms with Gasteiger partial charge >= 0.3 is 5.97 Å². The second-order valence-electron chi connectivity index (χ2n) is 7.45. The van der Waals surface area contributed by atoms with Crippen LogP contribution in [0.1, 0.15) is 69.3 Å². The summed E-state index contributed by atoms with van der Waals surface area (Å²) in [5, 5.41) is 20.8. The summed E-state index contributed by atoms with van der Waals surface area (Å²) in [7, 11) is 0. The fourth-order valence-corrected chi connectivity index (χ4v) is 5.28. The summed E-state index contributed by atoms with van der Waals surface area (Å²) < 4.78 is 0.733. The van der Waals surface area contributed by atoms with Gasteiger partial charge in [0.2, 0.25) is 0 Å². The second kappa shape index (κ2) is 10.4. The van der Waals surface area contributed by atoms with E-state index in [0.29, 0.717) is 18.6 Å². The largest absolute Gasteiger partial charge is 0.476 e. The Bertz CT molecular complexity index is 669. The third-order valence-corrected chi connectivity index (χ3v) is 7.08. The van der Waals surface area contributed by atoms with Crippen molar-refractivity contribution < 1.29 is 19.8 Å². The summed E-state index contributed by atoms with van der Waals surface area (Å²) in [6.07, 6.45) is 9.93. The number of carbonyl (C=O) groups is 2. The van der Waals surface area contributed by atoms with Crippen LogP contribution in [0.5, 0.6) is 0 Å². The Labute approximate surface area is 169 Å². The smallest absolute Gasteiger partial charge is 0.355 e. The predicted octanol–water partition coefficient (Wildman–Crippen LogP) is 4.81. The molecule has 0 amide bonds. The molecule has 0 saturated heterocycles. The van der Waals surface area contributed by atoms with Gasteiger partial charge in [0.15, 0.2) is 10.0 Å². The number of Topliss-reactive ketones (excluding diaryl/α,β-unsaturated/α-hetero) is 1. The van der Waals surface area contributed by atoms with E-state index in [1.165, 1.54) is 23.1 Å². The third kappa shape index (κ3) is 7.05. The van der Waals surface area contributed by atoms with Crippen molar-refractivity contribution >= 4 is 34.9 Å². The first-order valence-electron chi connectivity index (χ1n) is 9.56. The van der Waals surface area contributed by atoms with Gasteiger partial charge in [-0.15, -0.1) is 11.3 Å². The van der Waals surface area contributed by atoms with E-state index in [1.54, 1.807) is 5.38 Å². The lowest BCUT2D eigenvalue weighted by atomic mass is 9.90. The number of allylic oxidation sites excluding steroid dienone is 1. The highest BCUT2D eigenvalue weighted by Gasteiger charge is 2.32. The first-order valence-corrected chi connectivity index (χ1v) is 11.4. The Morgan fingerprint density at radius 1 is 1.52 bits per heavy atom. The van der Waals surface area contributed by atoms with E-state index in [-0.39, 0.29) is 17.5 Å². The van der Waals surface area contributed by atoms with Crippen LogP contribution < -0.4 is 0 Å². The molecule has 5 nitrogen and oxygen atoms in total. The van der Waals surface area contributed by atoms with E-state index in [2.05, 4.69) is 18.0 Å². The van der Waals surface area contributed by atoms with E-state index in [4.69, 9.17) is 5.11 Å². The van der Waals surface area contributed by atoms with Gasteiger partial charge in [-0.2, -0.15) is 0 Å². The standard InChI is InChI=1S/C20H29NO4S2/c1-3-4-10-20(2,25)11-5-6-14-7-8-17(22)15(14)9-12-26-19-21-16(13-27-19)18(23)24/h5-6,13-15,25H,3-4,7-12H2,1-2H3,(H,23,24). The minimum Gasteiger partial charge on any atom is -0.476 e. The average Bonchev–Trinajstić information content (AvgIpc) is 3.22. The van der Waals surface area contributed by atoms with Gasteiger partial charge in [0, 0.05) is 23.5 Å². The van der Waals surface area contributed by atoms with Crippen molar-refractivity contribution in [3.8, 4) is 0 Å². The fourth-order valence-electron chi connectivity index (χ4n) is 3.39. The van der Waals surface area contributed by atoms with Crippen molar-refractivity contribution in [2.45, 2.75) is 68.7 Å². The normalized spacial score (nSPS) is 22.4. The molecule has 0 aromatic carbocycles. The monoisotopic (exact) mass is 411 g/mol. The number of nitrogens with zero attached hydrogens (tertiary/aromatic N) is 1. The summed E-state index contributed by atoms with van der Waals surface area (Å²) in [5.41, 5.74) is -0.594. The highest BCUT2D eigenvalue weighted by molar-refractivity contribution is 8.01. The zero-order valence-corrected chi connectivity index (χ0v) is 17.7. The van der Waals surface area contributed by atoms with Gasteiger partial charge in [0.05, 0.1) is 5.60 Å². The van der Waals surface area contributed by atoms with E-state index in [1.807, 2.05) is 13.0 Å². The summed E-state index contributed by atoms with van der Waals surface area (Å²) in [4.78, 5) is 27.2. The van der Waals surface area contributed by atoms with Gasteiger partial charge in [-0.3, -0.25) is 4.79 Å². The lowest BCUT2D eigenvalue weighted by Gasteiger charge is -2.21. The van der Waals surface area contributed by atoms with Crippen LogP contribution in [0.15, 0.2) is 21.9 Å². The summed E-state index contributed by atoms with van der Waals surface area (Å²) >= 11 is 2.84. The van der Waals surface area contributed by atoms with E-state index in [9.17, 15) is 14.7 Å². The molecule has 1 aliphatic rings. The molecule has 1 saturated carbocycles. The number of thioether (sulfide) groups is 1. The molecule has 2 N–H and O–H groups in total. The number of hydrogen-bond donors (Lipinski definition) is 2. The molecule has 0 radical (unpaired) electrons. The second-order valence-corrected chi connectivity index (χ2v) is 9.65. The summed E-state index contributed by atoms with van der Waals surface area (Å²) in [6.45, 7) is 3.99. The molecule has 1 aliphatic carbocycles. The van der Waals surface area contributed by atoms with E-state index < -0.39 is 11.6 Å². The molecule has 3 atom stereocenters. The molecule has 0 spiro atoms. The van der Waals surface area contributed by atoms with Gasteiger partial charge in [0.25, 0.3) is 0 Å². The number of rotatable bonds is 11. The van der Waals surface area contributed by atoms with Crippen molar-refractivity contribution in [1.82, 2.24) is 4.98 Å². The molecular weight excluding hydrogens is 382 g/mol. The van der Waals surface area contributed by atoms with Crippen molar-refractivity contribution in [1.29, 1.82) is 0 Å². The third-order valence-electron chi connectivity index (χ3n) is 5.02. The minimum atomic E-state index is -1.01. The maximum absolute atomic E-state index is 12.2. The van der Waals surface area contributed by atoms with Crippen LogP contribution in [0.4, 0.5) is 0 Å². The number of carboxylic acid groups (broad SMARTS) is 1. The van der Waals surface area contributed by atoms with Crippen molar-refractivity contribution in [3.05, 3.63) is 23.2 Å². The maximum atomic E-state index is 12.2. The number of carboxylic acids is 1. The van der Waals surface area contributed by atoms with Gasteiger partial charge in [-0.25, -0.2) is 9.78 Å². The van der Waals surface area contributed by atoms with Crippen LogP contribution in [-0.4, -0.2) is 38.3 Å². The van der Waals surface area contributed by atoms with Crippen LogP contribution >= 0.6 is 23.1 Å².